The molecule has 2 aromatic carbocycles. The Hall–Kier alpha value is -2.82. The van der Waals surface area contributed by atoms with Gasteiger partial charge >= 0.3 is 0 Å². The van der Waals surface area contributed by atoms with E-state index in [1.807, 2.05) is 32.0 Å². The van der Waals surface area contributed by atoms with Gasteiger partial charge in [0.15, 0.2) is 6.10 Å². The Morgan fingerprint density at radius 2 is 1.87 bits per heavy atom. The first-order valence-electron chi connectivity index (χ1n) is 7.31. The highest BCUT2D eigenvalue weighted by atomic mass is 16.5. The molecule has 2 amide bonds. The number of nitrogens with two attached hydrogens (primary N) is 1. The molecule has 5 heteroatoms. The van der Waals surface area contributed by atoms with Gasteiger partial charge in [0.05, 0.1) is 0 Å². The molecule has 0 saturated heterocycles. The van der Waals surface area contributed by atoms with Crippen molar-refractivity contribution < 1.29 is 14.3 Å². The van der Waals surface area contributed by atoms with Crippen molar-refractivity contribution >= 4 is 17.5 Å². The molecule has 0 heterocycles. The maximum Gasteiger partial charge on any atom is 0.265 e. The first-order chi connectivity index (χ1) is 10.9. The Bertz CT molecular complexity index is 741. The van der Waals surface area contributed by atoms with E-state index in [2.05, 4.69) is 5.32 Å². The Morgan fingerprint density at radius 1 is 1.13 bits per heavy atom. The monoisotopic (exact) mass is 312 g/mol. The molecular formula is C18H20N2O3. The fraction of sp³-hybridized carbons (Fsp3) is 0.222. The van der Waals surface area contributed by atoms with E-state index < -0.39 is 12.0 Å². The van der Waals surface area contributed by atoms with Crippen LogP contribution in [0.25, 0.3) is 0 Å². The lowest BCUT2D eigenvalue weighted by atomic mass is 10.1. The summed E-state index contributed by atoms with van der Waals surface area (Å²) in [5.41, 5.74) is 8.18. The number of carbonyl (C=O) groups excluding carboxylic acids is 2. The van der Waals surface area contributed by atoms with Gasteiger partial charge in [0.25, 0.3) is 5.91 Å². The van der Waals surface area contributed by atoms with Gasteiger partial charge in [-0.15, -0.1) is 0 Å². The normalized spacial score (nSPS) is 11.6. The first-order valence-corrected chi connectivity index (χ1v) is 7.31. The van der Waals surface area contributed by atoms with Gasteiger partial charge in [-0.05, 0) is 50.6 Å². The number of rotatable bonds is 5. The molecule has 0 aromatic heterocycles. The van der Waals surface area contributed by atoms with Gasteiger partial charge < -0.3 is 15.8 Å². The average molecular weight is 312 g/mol. The summed E-state index contributed by atoms with van der Waals surface area (Å²) < 4.78 is 5.71. The number of amides is 2. The third-order valence-electron chi connectivity index (χ3n) is 3.42. The summed E-state index contributed by atoms with van der Waals surface area (Å²) in [4.78, 5) is 23.4. The van der Waals surface area contributed by atoms with Crippen molar-refractivity contribution in [2.75, 3.05) is 5.32 Å². The first kappa shape index (κ1) is 16.5. The van der Waals surface area contributed by atoms with Crippen molar-refractivity contribution in [1.82, 2.24) is 0 Å². The zero-order chi connectivity index (χ0) is 17.0. The number of benzene rings is 2. The van der Waals surface area contributed by atoms with Gasteiger partial charge in [0.2, 0.25) is 5.91 Å². The summed E-state index contributed by atoms with van der Waals surface area (Å²) >= 11 is 0. The highest BCUT2D eigenvalue weighted by Crippen LogP contribution is 2.20. The number of carbonyl (C=O) groups is 2. The van der Waals surface area contributed by atoms with E-state index >= 15 is 0 Å². The second-order valence-corrected chi connectivity index (χ2v) is 5.46. The average Bonchev–Trinajstić information content (AvgIpc) is 2.50. The van der Waals surface area contributed by atoms with Gasteiger partial charge in [-0.3, -0.25) is 9.59 Å². The number of aryl methyl sites for hydroxylation is 2. The van der Waals surface area contributed by atoms with Gasteiger partial charge in [-0.25, -0.2) is 0 Å². The summed E-state index contributed by atoms with van der Waals surface area (Å²) in [5, 5.41) is 2.72. The number of primary amides is 1. The molecule has 5 nitrogen and oxygen atoms in total. The summed E-state index contributed by atoms with van der Waals surface area (Å²) in [6.07, 6.45) is -0.673. The van der Waals surface area contributed by atoms with Gasteiger partial charge in [-0.1, -0.05) is 23.8 Å². The molecule has 0 spiro atoms. The molecule has 0 aliphatic heterocycles. The SMILES string of the molecule is Cc1ccc(O[C@@H](C)C(=O)Nc2cccc(C(N)=O)c2)c(C)c1. The Kier molecular flexibility index (Phi) is 5.01. The van der Waals surface area contributed by atoms with Crippen LogP contribution in [0.2, 0.25) is 0 Å². The molecule has 23 heavy (non-hydrogen) atoms. The van der Waals surface area contributed by atoms with E-state index in [4.69, 9.17) is 10.5 Å². The molecule has 3 N–H and O–H groups in total. The van der Waals surface area contributed by atoms with Crippen LogP contribution >= 0.6 is 0 Å². The highest BCUT2D eigenvalue weighted by Gasteiger charge is 2.16. The molecule has 0 fully saturated rings. The lowest BCUT2D eigenvalue weighted by Gasteiger charge is -2.16. The number of ether oxygens (including phenoxy) is 1. The van der Waals surface area contributed by atoms with E-state index in [0.717, 1.165) is 11.1 Å². The molecule has 0 radical (unpaired) electrons. The molecular weight excluding hydrogens is 292 g/mol. The number of nitrogens with one attached hydrogen (secondary N) is 1. The van der Waals surface area contributed by atoms with E-state index in [9.17, 15) is 9.59 Å². The maximum atomic E-state index is 12.2. The molecule has 0 aliphatic rings. The van der Waals surface area contributed by atoms with Crippen LogP contribution < -0.4 is 15.8 Å². The quantitative estimate of drug-likeness (QED) is 0.890. The fourth-order valence-electron chi connectivity index (χ4n) is 2.17. The Balaban J connectivity index is 2.05. The van der Waals surface area contributed by atoms with Crippen molar-refractivity contribution in [3.05, 3.63) is 59.2 Å². The Labute approximate surface area is 135 Å². The summed E-state index contributed by atoms with van der Waals surface area (Å²) in [5.74, 6) is -0.170. The standard InChI is InChI=1S/C18H20N2O3/c1-11-7-8-16(12(2)9-11)23-13(3)18(22)20-15-6-4-5-14(10-15)17(19)21/h4-10,13H,1-3H3,(H2,19,21)(H,20,22)/t13-/m0/s1. The van der Waals surface area contributed by atoms with Crippen LogP contribution in [0, 0.1) is 13.8 Å². The van der Waals surface area contributed by atoms with Crippen LogP contribution in [-0.4, -0.2) is 17.9 Å². The predicted molar refractivity (Wildman–Crippen MR) is 89.6 cm³/mol. The lowest BCUT2D eigenvalue weighted by molar-refractivity contribution is -0.122. The van der Waals surface area contributed by atoms with E-state index in [0.29, 0.717) is 17.0 Å². The molecule has 1 atom stereocenters. The van der Waals surface area contributed by atoms with E-state index in [1.165, 1.54) is 6.07 Å². The predicted octanol–water partition coefficient (Wildman–Crippen LogP) is 2.81. The second kappa shape index (κ2) is 6.96. The van der Waals surface area contributed by atoms with Crippen LogP contribution in [-0.2, 0) is 4.79 Å². The zero-order valence-electron chi connectivity index (χ0n) is 13.4. The molecule has 0 unspecified atom stereocenters. The van der Waals surface area contributed by atoms with Gasteiger partial charge in [-0.2, -0.15) is 0 Å². The minimum atomic E-state index is -0.673. The van der Waals surface area contributed by atoms with Crippen molar-refractivity contribution in [1.29, 1.82) is 0 Å². The lowest BCUT2D eigenvalue weighted by Crippen LogP contribution is -2.30. The molecule has 0 aliphatic carbocycles. The highest BCUT2D eigenvalue weighted by molar-refractivity contribution is 5.97. The molecule has 0 saturated carbocycles. The van der Waals surface area contributed by atoms with Crippen molar-refractivity contribution in [3.63, 3.8) is 0 Å². The largest absolute Gasteiger partial charge is 0.481 e. The molecule has 0 bridgehead atoms. The van der Waals surface area contributed by atoms with Crippen molar-refractivity contribution in [2.24, 2.45) is 5.73 Å². The summed E-state index contributed by atoms with van der Waals surface area (Å²) in [6, 6.07) is 12.2. The van der Waals surface area contributed by atoms with Crippen molar-refractivity contribution in [2.45, 2.75) is 26.9 Å². The van der Waals surface area contributed by atoms with Crippen LogP contribution in [0.3, 0.4) is 0 Å². The van der Waals surface area contributed by atoms with Crippen LogP contribution in [0.15, 0.2) is 42.5 Å². The van der Waals surface area contributed by atoms with Crippen molar-refractivity contribution in [3.8, 4) is 5.75 Å². The Morgan fingerprint density at radius 3 is 2.52 bits per heavy atom. The third kappa shape index (κ3) is 4.32. The minimum Gasteiger partial charge on any atom is -0.481 e. The molecule has 2 rings (SSSR count). The maximum absolute atomic E-state index is 12.2. The molecule has 2 aromatic rings. The van der Waals surface area contributed by atoms with E-state index in [1.54, 1.807) is 25.1 Å². The molecule has 120 valence electrons. The number of hydrogen-bond donors (Lipinski definition) is 2. The van der Waals surface area contributed by atoms with Gasteiger partial charge in [0, 0.05) is 11.3 Å². The summed E-state index contributed by atoms with van der Waals surface area (Å²) in [7, 11) is 0. The topological polar surface area (TPSA) is 81.4 Å². The number of anilines is 1. The third-order valence-corrected chi connectivity index (χ3v) is 3.42. The van der Waals surface area contributed by atoms with E-state index in [-0.39, 0.29) is 5.91 Å². The van der Waals surface area contributed by atoms with Crippen LogP contribution in [0.5, 0.6) is 5.75 Å². The van der Waals surface area contributed by atoms with Crippen LogP contribution in [0.4, 0.5) is 5.69 Å². The number of hydrogen-bond acceptors (Lipinski definition) is 3. The fourth-order valence-corrected chi connectivity index (χ4v) is 2.17. The second-order valence-electron chi connectivity index (χ2n) is 5.46. The minimum absolute atomic E-state index is 0.299. The van der Waals surface area contributed by atoms with Crippen LogP contribution in [0.1, 0.15) is 28.4 Å². The zero-order valence-corrected chi connectivity index (χ0v) is 13.4. The summed E-state index contributed by atoms with van der Waals surface area (Å²) in [6.45, 7) is 5.61. The van der Waals surface area contributed by atoms with Gasteiger partial charge in [0.1, 0.15) is 5.75 Å². The smallest absolute Gasteiger partial charge is 0.265 e.